The van der Waals surface area contributed by atoms with E-state index in [1.807, 2.05) is 31.2 Å². The Morgan fingerprint density at radius 3 is 2.57 bits per heavy atom. The number of anilines is 1. The molecule has 21 heavy (non-hydrogen) atoms. The number of nitrogens with one attached hydrogen (secondary N) is 1. The summed E-state index contributed by atoms with van der Waals surface area (Å²) in [5.74, 6) is 0.143. The molecule has 110 valence electrons. The second-order valence-corrected chi connectivity index (χ2v) is 4.79. The highest BCUT2D eigenvalue weighted by molar-refractivity contribution is 5.90. The van der Waals surface area contributed by atoms with Crippen LogP contribution in [0, 0.1) is 12.7 Å². The van der Waals surface area contributed by atoms with E-state index in [0.29, 0.717) is 19.4 Å². The van der Waals surface area contributed by atoms with Gasteiger partial charge in [-0.3, -0.25) is 4.79 Å². The van der Waals surface area contributed by atoms with Crippen LogP contribution in [0.1, 0.15) is 18.4 Å². The second-order valence-electron chi connectivity index (χ2n) is 4.79. The van der Waals surface area contributed by atoms with E-state index in [1.165, 1.54) is 17.7 Å². The molecule has 2 aromatic rings. The molecule has 0 bridgehead atoms. The van der Waals surface area contributed by atoms with E-state index < -0.39 is 5.82 Å². The molecule has 0 aliphatic carbocycles. The van der Waals surface area contributed by atoms with E-state index in [9.17, 15) is 9.18 Å². The van der Waals surface area contributed by atoms with Crippen molar-refractivity contribution in [3.63, 3.8) is 0 Å². The SMILES string of the molecule is Cc1ccc(OCCCC(=O)Nc2ccccc2F)cc1. The van der Waals surface area contributed by atoms with Crippen molar-refractivity contribution in [1.29, 1.82) is 0 Å². The number of ether oxygens (including phenoxy) is 1. The third-order valence-electron chi connectivity index (χ3n) is 2.99. The molecule has 0 saturated carbocycles. The molecular weight excluding hydrogens is 269 g/mol. The van der Waals surface area contributed by atoms with E-state index in [4.69, 9.17) is 4.74 Å². The molecule has 2 rings (SSSR count). The van der Waals surface area contributed by atoms with Gasteiger partial charge in [0, 0.05) is 6.42 Å². The number of amides is 1. The third-order valence-corrected chi connectivity index (χ3v) is 2.99. The van der Waals surface area contributed by atoms with Crippen LogP contribution in [-0.2, 0) is 4.79 Å². The number of hydrogen-bond acceptors (Lipinski definition) is 2. The third kappa shape index (κ3) is 4.91. The maximum absolute atomic E-state index is 13.4. The molecule has 1 N–H and O–H groups in total. The average molecular weight is 287 g/mol. The first-order valence-electron chi connectivity index (χ1n) is 6.89. The molecule has 0 fully saturated rings. The molecule has 1 amide bonds. The Morgan fingerprint density at radius 1 is 1.14 bits per heavy atom. The minimum Gasteiger partial charge on any atom is -0.494 e. The lowest BCUT2D eigenvalue weighted by atomic mass is 10.2. The standard InChI is InChI=1S/C17H18FNO2/c1-13-8-10-14(11-9-13)21-12-4-7-17(20)19-16-6-3-2-5-15(16)18/h2-3,5-6,8-11H,4,7,12H2,1H3,(H,19,20). The number of benzene rings is 2. The largest absolute Gasteiger partial charge is 0.494 e. The lowest BCUT2D eigenvalue weighted by Gasteiger charge is -2.08. The molecule has 0 saturated heterocycles. The van der Waals surface area contributed by atoms with Crippen LogP contribution in [0.4, 0.5) is 10.1 Å². The number of rotatable bonds is 6. The summed E-state index contributed by atoms with van der Waals surface area (Å²) in [7, 11) is 0. The highest BCUT2D eigenvalue weighted by atomic mass is 19.1. The Bertz CT molecular complexity index is 596. The van der Waals surface area contributed by atoms with Crippen LogP contribution in [0.25, 0.3) is 0 Å². The van der Waals surface area contributed by atoms with Gasteiger partial charge >= 0.3 is 0 Å². The van der Waals surface area contributed by atoms with E-state index in [0.717, 1.165) is 5.75 Å². The van der Waals surface area contributed by atoms with Crippen LogP contribution >= 0.6 is 0 Å². The fraction of sp³-hybridized carbons (Fsp3) is 0.235. The molecule has 0 aromatic heterocycles. The first-order chi connectivity index (χ1) is 10.1. The van der Waals surface area contributed by atoms with Gasteiger partial charge in [0.15, 0.2) is 0 Å². The fourth-order valence-electron chi connectivity index (χ4n) is 1.83. The minimum absolute atomic E-state index is 0.210. The van der Waals surface area contributed by atoms with Crippen molar-refractivity contribution in [3.05, 3.63) is 59.9 Å². The number of para-hydroxylation sites is 1. The quantitative estimate of drug-likeness (QED) is 0.817. The molecule has 0 radical (unpaired) electrons. The highest BCUT2D eigenvalue weighted by Crippen LogP contribution is 2.14. The normalized spacial score (nSPS) is 10.2. The molecule has 0 aliphatic heterocycles. The summed E-state index contributed by atoms with van der Waals surface area (Å²) >= 11 is 0. The van der Waals surface area contributed by atoms with Crippen LogP contribution < -0.4 is 10.1 Å². The van der Waals surface area contributed by atoms with E-state index in [1.54, 1.807) is 12.1 Å². The van der Waals surface area contributed by atoms with Gasteiger partial charge in [0.05, 0.1) is 12.3 Å². The van der Waals surface area contributed by atoms with Gasteiger partial charge in [-0.1, -0.05) is 29.8 Å². The van der Waals surface area contributed by atoms with Gasteiger partial charge in [0.1, 0.15) is 11.6 Å². The van der Waals surface area contributed by atoms with Crippen molar-refractivity contribution in [2.45, 2.75) is 19.8 Å². The molecule has 0 unspecified atom stereocenters. The molecule has 0 aliphatic rings. The van der Waals surface area contributed by atoms with Crippen molar-refractivity contribution in [2.75, 3.05) is 11.9 Å². The molecule has 0 heterocycles. The van der Waals surface area contributed by atoms with Crippen molar-refractivity contribution >= 4 is 11.6 Å². The number of aryl methyl sites for hydroxylation is 1. The Kier molecular flexibility index (Phi) is 5.32. The molecule has 0 atom stereocenters. The van der Waals surface area contributed by atoms with Crippen molar-refractivity contribution in [3.8, 4) is 5.75 Å². The Morgan fingerprint density at radius 2 is 1.86 bits per heavy atom. The number of carbonyl (C=O) groups excluding carboxylic acids is 1. The molecule has 2 aromatic carbocycles. The predicted octanol–water partition coefficient (Wildman–Crippen LogP) is 3.93. The van der Waals surface area contributed by atoms with Gasteiger partial charge < -0.3 is 10.1 Å². The molecular formula is C17H18FNO2. The van der Waals surface area contributed by atoms with Crippen LogP contribution in [0.5, 0.6) is 5.75 Å². The summed E-state index contributed by atoms with van der Waals surface area (Å²) in [6, 6.07) is 13.9. The lowest BCUT2D eigenvalue weighted by molar-refractivity contribution is -0.116. The molecule has 3 nitrogen and oxygen atoms in total. The van der Waals surface area contributed by atoms with Gasteiger partial charge in [-0.25, -0.2) is 4.39 Å². The Hall–Kier alpha value is -2.36. The monoisotopic (exact) mass is 287 g/mol. The van der Waals surface area contributed by atoms with Gasteiger partial charge in [-0.05, 0) is 37.6 Å². The van der Waals surface area contributed by atoms with E-state index in [2.05, 4.69) is 5.32 Å². The van der Waals surface area contributed by atoms with Crippen LogP contribution in [0.15, 0.2) is 48.5 Å². The smallest absolute Gasteiger partial charge is 0.224 e. The zero-order valence-electron chi connectivity index (χ0n) is 11.9. The maximum Gasteiger partial charge on any atom is 0.224 e. The Balaban J connectivity index is 1.70. The first-order valence-corrected chi connectivity index (χ1v) is 6.89. The summed E-state index contributed by atoms with van der Waals surface area (Å²) in [5.41, 5.74) is 1.38. The number of carbonyl (C=O) groups is 1. The molecule has 0 spiro atoms. The summed E-state index contributed by atoms with van der Waals surface area (Å²) in [5, 5.41) is 2.55. The van der Waals surface area contributed by atoms with E-state index in [-0.39, 0.29) is 11.6 Å². The van der Waals surface area contributed by atoms with Crippen LogP contribution in [0.2, 0.25) is 0 Å². The lowest BCUT2D eigenvalue weighted by Crippen LogP contribution is -2.13. The zero-order chi connectivity index (χ0) is 15.1. The summed E-state index contributed by atoms with van der Waals surface area (Å²) in [4.78, 5) is 11.7. The van der Waals surface area contributed by atoms with Gasteiger partial charge in [-0.2, -0.15) is 0 Å². The maximum atomic E-state index is 13.4. The summed E-state index contributed by atoms with van der Waals surface area (Å²) in [6.45, 7) is 2.46. The van der Waals surface area contributed by atoms with Crippen molar-refractivity contribution < 1.29 is 13.9 Å². The van der Waals surface area contributed by atoms with Gasteiger partial charge in [0.25, 0.3) is 0 Å². The molecule has 4 heteroatoms. The highest BCUT2D eigenvalue weighted by Gasteiger charge is 2.06. The predicted molar refractivity (Wildman–Crippen MR) is 80.9 cm³/mol. The minimum atomic E-state index is -0.429. The summed E-state index contributed by atoms with van der Waals surface area (Å²) < 4.78 is 18.9. The Labute approximate surface area is 123 Å². The average Bonchev–Trinajstić information content (AvgIpc) is 2.48. The number of halogens is 1. The van der Waals surface area contributed by atoms with Crippen LogP contribution in [0.3, 0.4) is 0 Å². The summed E-state index contributed by atoms with van der Waals surface area (Å²) in [6.07, 6.45) is 0.869. The topological polar surface area (TPSA) is 38.3 Å². The number of hydrogen-bond donors (Lipinski definition) is 1. The van der Waals surface area contributed by atoms with Crippen molar-refractivity contribution in [1.82, 2.24) is 0 Å². The van der Waals surface area contributed by atoms with E-state index >= 15 is 0 Å². The van der Waals surface area contributed by atoms with Crippen molar-refractivity contribution in [2.24, 2.45) is 0 Å². The van der Waals surface area contributed by atoms with Gasteiger partial charge in [-0.15, -0.1) is 0 Å². The van der Waals surface area contributed by atoms with Crippen LogP contribution in [-0.4, -0.2) is 12.5 Å². The fourth-order valence-corrected chi connectivity index (χ4v) is 1.83. The zero-order valence-corrected chi connectivity index (χ0v) is 11.9. The van der Waals surface area contributed by atoms with Gasteiger partial charge in [0.2, 0.25) is 5.91 Å². The first kappa shape index (κ1) is 15.0. The second kappa shape index (κ2) is 7.43.